The zero-order chi connectivity index (χ0) is 17.4. The van der Waals surface area contributed by atoms with Crippen molar-refractivity contribution in [3.8, 4) is 0 Å². The van der Waals surface area contributed by atoms with Crippen molar-refractivity contribution in [1.29, 1.82) is 0 Å². The number of rotatable bonds is 11. The van der Waals surface area contributed by atoms with Crippen LogP contribution in [0.3, 0.4) is 0 Å². The molecule has 0 radical (unpaired) electrons. The number of carboxylic acids is 1. The van der Waals surface area contributed by atoms with Gasteiger partial charge in [0.2, 0.25) is 5.91 Å². The zero-order valence-corrected chi connectivity index (χ0v) is 13.6. The third kappa shape index (κ3) is 6.96. The SMILES string of the molecule is CC(C)C[C@H](NC(=O)C1OC1C(=O)O)C(=O)NCCCCCO. The van der Waals surface area contributed by atoms with Crippen molar-refractivity contribution in [2.45, 2.75) is 57.8 Å². The first-order valence-electron chi connectivity index (χ1n) is 7.94. The molecule has 1 aliphatic heterocycles. The maximum atomic E-state index is 12.2. The molecule has 1 rings (SSSR count). The lowest BCUT2D eigenvalue weighted by molar-refractivity contribution is -0.138. The van der Waals surface area contributed by atoms with E-state index in [0.29, 0.717) is 19.4 Å². The molecule has 23 heavy (non-hydrogen) atoms. The number of aliphatic hydroxyl groups excluding tert-OH is 1. The monoisotopic (exact) mass is 330 g/mol. The summed E-state index contributed by atoms with van der Waals surface area (Å²) in [5, 5.41) is 22.8. The predicted octanol–water partition coefficient (Wildman–Crippen LogP) is -0.352. The summed E-state index contributed by atoms with van der Waals surface area (Å²) < 4.78 is 4.78. The van der Waals surface area contributed by atoms with Crippen LogP contribution in [-0.2, 0) is 19.1 Å². The minimum absolute atomic E-state index is 0.131. The first kappa shape index (κ1) is 19.4. The molecule has 8 heteroatoms. The van der Waals surface area contributed by atoms with Gasteiger partial charge in [-0.15, -0.1) is 0 Å². The quantitative estimate of drug-likeness (QED) is 0.303. The Morgan fingerprint density at radius 1 is 1.13 bits per heavy atom. The summed E-state index contributed by atoms with van der Waals surface area (Å²) in [6.07, 6.45) is 0.585. The van der Waals surface area contributed by atoms with Crippen LogP contribution in [0.1, 0.15) is 39.5 Å². The smallest absolute Gasteiger partial charge is 0.336 e. The van der Waals surface area contributed by atoms with Crippen LogP contribution in [0.2, 0.25) is 0 Å². The van der Waals surface area contributed by atoms with Crippen molar-refractivity contribution in [1.82, 2.24) is 10.6 Å². The molecule has 132 valence electrons. The predicted molar refractivity (Wildman–Crippen MR) is 81.6 cm³/mol. The minimum Gasteiger partial charge on any atom is -0.479 e. The van der Waals surface area contributed by atoms with Crippen LogP contribution in [0.5, 0.6) is 0 Å². The molecular weight excluding hydrogens is 304 g/mol. The highest BCUT2D eigenvalue weighted by atomic mass is 16.6. The Hall–Kier alpha value is -1.67. The van der Waals surface area contributed by atoms with E-state index in [9.17, 15) is 14.4 Å². The maximum Gasteiger partial charge on any atom is 0.336 e. The molecular formula is C15H26N2O6. The number of aliphatic carboxylic acids is 1. The van der Waals surface area contributed by atoms with Gasteiger partial charge < -0.3 is 25.6 Å². The van der Waals surface area contributed by atoms with E-state index in [4.69, 9.17) is 14.9 Å². The van der Waals surface area contributed by atoms with Gasteiger partial charge in [0.1, 0.15) is 6.04 Å². The van der Waals surface area contributed by atoms with Crippen LogP contribution in [0.25, 0.3) is 0 Å². The Kier molecular flexibility index (Phi) is 7.97. The van der Waals surface area contributed by atoms with Gasteiger partial charge in [-0.2, -0.15) is 0 Å². The number of ether oxygens (including phenoxy) is 1. The average Bonchev–Trinajstić information content (AvgIpc) is 3.26. The van der Waals surface area contributed by atoms with E-state index in [-0.39, 0.29) is 18.4 Å². The van der Waals surface area contributed by atoms with Crippen LogP contribution in [-0.4, -0.2) is 59.4 Å². The van der Waals surface area contributed by atoms with Crippen LogP contribution in [0, 0.1) is 5.92 Å². The molecule has 0 aromatic carbocycles. The summed E-state index contributed by atoms with van der Waals surface area (Å²) in [5.74, 6) is -1.85. The lowest BCUT2D eigenvalue weighted by Crippen LogP contribution is -2.49. The maximum absolute atomic E-state index is 12.2. The van der Waals surface area contributed by atoms with E-state index >= 15 is 0 Å². The van der Waals surface area contributed by atoms with Gasteiger partial charge in [0.25, 0.3) is 5.91 Å². The van der Waals surface area contributed by atoms with Crippen molar-refractivity contribution in [3.63, 3.8) is 0 Å². The average molecular weight is 330 g/mol. The standard InChI is InChI=1S/C15H26N2O6/c1-9(2)8-10(13(19)16-6-4-3-5-7-18)17-14(20)11-12(23-11)15(21)22/h9-12,18H,3-8H2,1-2H3,(H,16,19)(H,17,20)(H,21,22)/t10-,11?,12?/m0/s1. The summed E-state index contributed by atoms with van der Waals surface area (Å²) in [6.45, 7) is 4.47. The number of hydrogen-bond acceptors (Lipinski definition) is 5. The van der Waals surface area contributed by atoms with Crippen LogP contribution >= 0.6 is 0 Å². The number of hydrogen-bond donors (Lipinski definition) is 4. The van der Waals surface area contributed by atoms with Gasteiger partial charge in [-0.1, -0.05) is 13.8 Å². The molecule has 1 aliphatic rings. The highest BCUT2D eigenvalue weighted by Gasteiger charge is 2.51. The van der Waals surface area contributed by atoms with E-state index < -0.39 is 30.1 Å². The van der Waals surface area contributed by atoms with Gasteiger partial charge in [0.05, 0.1) is 0 Å². The molecule has 2 unspecified atom stereocenters. The third-order valence-corrected chi connectivity index (χ3v) is 3.47. The Morgan fingerprint density at radius 2 is 1.83 bits per heavy atom. The summed E-state index contributed by atoms with van der Waals surface area (Å²) in [5.41, 5.74) is 0. The van der Waals surface area contributed by atoms with Gasteiger partial charge in [-0.25, -0.2) is 4.79 Å². The molecule has 3 atom stereocenters. The van der Waals surface area contributed by atoms with E-state index in [1.807, 2.05) is 13.8 Å². The molecule has 0 spiro atoms. The second-order valence-electron chi connectivity index (χ2n) is 6.08. The molecule has 0 saturated carbocycles. The molecule has 8 nitrogen and oxygen atoms in total. The van der Waals surface area contributed by atoms with Gasteiger partial charge in [-0.05, 0) is 31.6 Å². The Balaban J connectivity index is 2.43. The molecule has 0 aromatic rings. The number of nitrogens with one attached hydrogen (secondary N) is 2. The first-order chi connectivity index (χ1) is 10.9. The van der Waals surface area contributed by atoms with Gasteiger partial charge in [0.15, 0.2) is 12.2 Å². The van der Waals surface area contributed by atoms with Gasteiger partial charge in [0, 0.05) is 13.2 Å². The second kappa shape index (κ2) is 9.46. The number of amides is 2. The van der Waals surface area contributed by atoms with Crippen LogP contribution < -0.4 is 10.6 Å². The minimum atomic E-state index is -1.18. The fraction of sp³-hybridized carbons (Fsp3) is 0.800. The Labute approximate surface area is 135 Å². The number of carbonyl (C=O) groups excluding carboxylic acids is 2. The number of carboxylic acid groups (broad SMARTS) is 1. The van der Waals surface area contributed by atoms with E-state index in [1.54, 1.807) is 0 Å². The lowest BCUT2D eigenvalue weighted by Gasteiger charge is -2.19. The summed E-state index contributed by atoms with van der Waals surface area (Å²) in [6, 6.07) is -0.709. The number of epoxide rings is 1. The lowest BCUT2D eigenvalue weighted by atomic mass is 10.0. The normalized spacial score (nSPS) is 20.9. The molecule has 1 heterocycles. The molecule has 0 aliphatic carbocycles. The Bertz CT molecular complexity index is 426. The summed E-state index contributed by atoms with van der Waals surface area (Å²) >= 11 is 0. The Morgan fingerprint density at radius 3 is 2.35 bits per heavy atom. The first-order valence-corrected chi connectivity index (χ1v) is 7.94. The topological polar surface area (TPSA) is 128 Å². The van der Waals surface area contributed by atoms with Crippen molar-refractivity contribution in [2.75, 3.05) is 13.2 Å². The van der Waals surface area contributed by atoms with Crippen molar-refractivity contribution in [3.05, 3.63) is 0 Å². The molecule has 0 bridgehead atoms. The molecule has 4 N–H and O–H groups in total. The van der Waals surface area contributed by atoms with E-state index in [2.05, 4.69) is 10.6 Å². The highest BCUT2D eigenvalue weighted by Crippen LogP contribution is 2.22. The number of aliphatic hydroxyl groups is 1. The summed E-state index contributed by atoms with van der Waals surface area (Å²) in [7, 11) is 0. The fourth-order valence-electron chi connectivity index (χ4n) is 2.20. The highest BCUT2D eigenvalue weighted by molar-refractivity contribution is 5.95. The van der Waals surface area contributed by atoms with Gasteiger partial charge in [-0.3, -0.25) is 9.59 Å². The largest absolute Gasteiger partial charge is 0.479 e. The van der Waals surface area contributed by atoms with Crippen LogP contribution in [0.15, 0.2) is 0 Å². The second-order valence-corrected chi connectivity index (χ2v) is 6.08. The molecule has 1 saturated heterocycles. The fourth-order valence-corrected chi connectivity index (χ4v) is 2.20. The van der Waals surface area contributed by atoms with Gasteiger partial charge >= 0.3 is 5.97 Å². The molecule has 2 amide bonds. The molecule has 1 fully saturated rings. The van der Waals surface area contributed by atoms with Crippen molar-refractivity contribution in [2.24, 2.45) is 5.92 Å². The van der Waals surface area contributed by atoms with Crippen LogP contribution in [0.4, 0.5) is 0 Å². The molecule has 0 aromatic heterocycles. The van der Waals surface area contributed by atoms with Crippen molar-refractivity contribution >= 4 is 17.8 Å². The number of unbranched alkanes of at least 4 members (excludes halogenated alkanes) is 2. The summed E-state index contributed by atoms with van der Waals surface area (Å²) in [4.78, 5) is 34.8. The number of carbonyl (C=O) groups is 3. The third-order valence-electron chi connectivity index (χ3n) is 3.47. The van der Waals surface area contributed by atoms with E-state index in [0.717, 1.165) is 12.8 Å². The van der Waals surface area contributed by atoms with Crippen molar-refractivity contribution < 1.29 is 29.3 Å². The van der Waals surface area contributed by atoms with E-state index in [1.165, 1.54) is 0 Å². The zero-order valence-electron chi connectivity index (χ0n) is 13.6.